The van der Waals surface area contributed by atoms with Gasteiger partial charge >= 0.3 is 0 Å². The Bertz CT molecular complexity index is 199. The molecule has 0 atom stereocenters. The average molecular weight is 187 g/mol. The number of rotatable bonds is 6. The SMILES string of the molecule is CCC(=O)CC[N+](C)(C)CC(=O)[O-]. The molecule has 0 rings (SSSR count). The van der Waals surface area contributed by atoms with Crippen LogP contribution in [0, 0.1) is 0 Å². The van der Waals surface area contributed by atoms with E-state index in [2.05, 4.69) is 0 Å². The van der Waals surface area contributed by atoms with Gasteiger partial charge in [0.1, 0.15) is 12.3 Å². The minimum atomic E-state index is -1.08. The topological polar surface area (TPSA) is 57.2 Å². The molecule has 4 nitrogen and oxygen atoms in total. The highest BCUT2D eigenvalue weighted by Crippen LogP contribution is 2.00. The fourth-order valence-electron chi connectivity index (χ4n) is 1.03. The lowest BCUT2D eigenvalue weighted by Crippen LogP contribution is -2.49. The van der Waals surface area contributed by atoms with Crippen LogP contribution in [0.4, 0.5) is 0 Å². The Morgan fingerprint density at radius 2 is 1.85 bits per heavy atom. The van der Waals surface area contributed by atoms with Gasteiger partial charge in [0.25, 0.3) is 0 Å². The van der Waals surface area contributed by atoms with E-state index >= 15 is 0 Å². The van der Waals surface area contributed by atoms with Crippen molar-refractivity contribution in [1.82, 2.24) is 0 Å². The molecule has 0 aromatic heterocycles. The second-order valence-corrected chi connectivity index (χ2v) is 3.83. The molecule has 0 aromatic rings. The van der Waals surface area contributed by atoms with E-state index in [0.29, 0.717) is 23.9 Å². The summed E-state index contributed by atoms with van der Waals surface area (Å²) < 4.78 is 0.300. The van der Waals surface area contributed by atoms with Crippen molar-refractivity contribution in [3.05, 3.63) is 0 Å². The van der Waals surface area contributed by atoms with E-state index in [1.807, 2.05) is 0 Å². The molecular weight excluding hydrogens is 170 g/mol. The number of carbonyl (C=O) groups excluding carboxylic acids is 2. The van der Waals surface area contributed by atoms with Crippen LogP contribution in [-0.2, 0) is 9.59 Å². The summed E-state index contributed by atoms with van der Waals surface area (Å²) in [5, 5.41) is 10.3. The molecule has 4 heteroatoms. The van der Waals surface area contributed by atoms with Gasteiger partial charge in [-0.15, -0.1) is 0 Å². The van der Waals surface area contributed by atoms with E-state index < -0.39 is 5.97 Å². The van der Waals surface area contributed by atoms with Crippen LogP contribution in [0.5, 0.6) is 0 Å². The van der Waals surface area contributed by atoms with Crippen LogP contribution >= 0.6 is 0 Å². The van der Waals surface area contributed by atoms with Crippen molar-refractivity contribution < 1.29 is 19.2 Å². The van der Waals surface area contributed by atoms with E-state index in [9.17, 15) is 14.7 Å². The standard InChI is InChI=1S/C9H17NO3/c1-4-8(11)5-6-10(2,3)7-9(12)13/h4-7H2,1-3H3. The van der Waals surface area contributed by atoms with Crippen molar-refractivity contribution in [2.24, 2.45) is 0 Å². The molecule has 0 saturated heterocycles. The molecule has 13 heavy (non-hydrogen) atoms. The molecule has 0 unspecified atom stereocenters. The summed E-state index contributed by atoms with van der Waals surface area (Å²) in [6.45, 7) is 2.32. The van der Waals surface area contributed by atoms with E-state index in [4.69, 9.17) is 0 Å². The maximum atomic E-state index is 11.0. The fourth-order valence-corrected chi connectivity index (χ4v) is 1.03. The van der Waals surface area contributed by atoms with E-state index in [1.165, 1.54) is 0 Å². The van der Waals surface area contributed by atoms with Crippen molar-refractivity contribution in [3.63, 3.8) is 0 Å². The van der Waals surface area contributed by atoms with E-state index in [0.717, 1.165) is 0 Å². The quantitative estimate of drug-likeness (QED) is 0.511. The molecule has 0 aromatic carbocycles. The maximum Gasteiger partial charge on any atom is 0.138 e. The van der Waals surface area contributed by atoms with Crippen LogP contribution in [0.15, 0.2) is 0 Å². The number of hydrogen-bond acceptors (Lipinski definition) is 3. The highest BCUT2D eigenvalue weighted by atomic mass is 16.4. The molecule has 0 heterocycles. The van der Waals surface area contributed by atoms with Gasteiger partial charge in [-0.25, -0.2) is 0 Å². The van der Waals surface area contributed by atoms with Gasteiger partial charge in [0.05, 0.1) is 33.0 Å². The molecule has 0 aliphatic heterocycles. The van der Waals surface area contributed by atoms with Crippen molar-refractivity contribution >= 4 is 11.8 Å². The highest BCUT2D eigenvalue weighted by molar-refractivity contribution is 5.78. The first-order valence-corrected chi connectivity index (χ1v) is 4.41. The zero-order valence-corrected chi connectivity index (χ0v) is 8.50. The maximum absolute atomic E-state index is 11.0. The van der Waals surface area contributed by atoms with Crippen LogP contribution in [0.2, 0.25) is 0 Å². The lowest BCUT2D eigenvalue weighted by Gasteiger charge is -2.29. The summed E-state index contributed by atoms with van der Waals surface area (Å²) in [5.41, 5.74) is 0. The summed E-state index contributed by atoms with van der Waals surface area (Å²) in [7, 11) is 3.55. The third-order valence-electron chi connectivity index (χ3n) is 1.95. The lowest BCUT2D eigenvalue weighted by molar-refractivity contribution is -0.884. The number of carboxylic acids is 1. The Morgan fingerprint density at radius 1 is 1.31 bits per heavy atom. The summed E-state index contributed by atoms with van der Waals surface area (Å²) >= 11 is 0. The summed E-state index contributed by atoms with van der Waals surface area (Å²) in [5.74, 6) is -0.904. The van der Waals surface area contributed by atoms with Gasteiger partial charge < -0.3 is 14.4 Å². The second-order valence-electron chi connectivity index (χ2n) is 3.83. The average Bonchev–Trinajstić information content (AvgIpc) is 1.98. The Morgan fingerprint density at radius 3 is 2.23 bits per heavy atom. The lowest BCUT2D eigenvalue weighted by atomic mass is 10.2. The number of likely N-dealkylation sites (N-methyl/N-ethyl adjacent to an activating group) is 1. The Kier molecular flexibility index (Phi) is 4.62. The summed E-state index contributed by atoms with van der Waals surface area (Å²) in [6.07, 6.45) is 0.960. The monoisotopic (exact) mass is 187 g/mol. The largest absolute Gasteiger partial charge is 0.544 e. The van der Waals surface area contributed by atoms with E-state index in [-0.39, 0.29) is 12.3 Å². The van der Waals surface area contributed by atoms with Crippen LogP contribution in [-0.4, -0.2) is 43.4 Å². The normalized spacial score (nSPS) is 11.3. The predicted octanol–water partition coefficient (Wildman–Crippen LogP) is -0.818. The molecular formula is C9H17NO3. The van der Waals surface area contributed by atoms with Crippen molar-refractivity contribution in [3.8, 4) is 0 Å². The fraction of sp³-hybridized carbons (Fsp3) is 0.778. The first kappa shape index (κ1) is 12.1. The zero-order chi connectivity index (χ0) is 10.5. The summed E-state index contributed by atoms with van der Waals surface area (Å²) in [6, 6.07) is 0. The minimum Gasteiger partial charge on any atom is -0.544 e. The third-order valence-corrected chi connectivity index (χ3v) is 1.95. The number of quaternary nitrogens is 1. The molecule has 0 aliphatic carbocycles. The number of ketones is 1. The van der Waals surface area contributed by atoms with Gasteiger partial charge in [-0.05, 0) is 0 Å². The third kappa shape index (κ3) is 6.28. The van der Waals surface area contributed by atoms with Crippen LogP contribution in [0.1, 0.15) is 19.8 Å². The first-order valence-electron chi connectivity index (χ1n) is 4.41. The molecule has 0 N–H and O–H groups in total. The number of nitrogens with zero attached hydrogens (tertiary/aromatic N) is 1. The van der Waals surface area contributed by atoms with Crippen molar-refractivity contribution in [1.29, 1.82) is 0 Å². The van der Waals surface area contributed by atoms with Crippen LogP contribution in [0.3, 0.4) is 0 Å². The molecule has 76 valence electrons. The Hall–Kier alpha value is -0.900. The molecule has 0 radical (unpaired) electrons. The van der Waals surface area contributed by atoms with Crippen molar-refractivity contribution in [2.75, 3.05) is 27.2 Å². The predicted molar refractivity (Wildman–Crippen MR) is 46.8 cm³/mol. The number of hydrogen-bond donors (Lipinski definition) is 0. The molecule has 0 saturated carbocycles. The number of Topliss-reactive ketones (excluding diaryl/α,β-unsaturated/α-hetero) is 1. The molecule has 0 amide bonds. The molecule has 0 bridgehead atoms. The van der Waals surface area contributed by atoms with Gasteiger partial charge in [0, 0.05) is 6.42 Å². The smallest absolute Gasteiger partial charge is 0.138 e. The number of carboxylic acid groups (broad SMARTS) is 1. The van der Waals surface area contributed by atoms with Crippen LogP contribution < -0.4 is 5.11 Å². The molecule has 0 fully saturated rings. The second kappa shape index (κ2) is 4.97. The number of carbonyl (C=O) groups is 2. The van der Waals surface area contributed by atoms with Gasteiger partial charge in [0.2, 0.25) is 0 Å². The summed E-state index contributed by atoms with van der Waals surface area (Å²) in [4.78, 5) is 21.3. The van der Waals surface area contributed by atoms with Gasteiger partial charge in [-0.1, -0.05) is 6.92 Å². The van der Waals surface area contributed by atoms with Crippen LogP contribution in [0.25, 0.3) is 0 Å². The van der Waals surface area contributed by atoms with Gasteiger partial charge in [-0.2, -0.15) is 0 Å². The molecule has 0 aliphatic rings. The number of aliphatic carboxylic acids is 1. The first-order chi connectivity index (χ1) is 5.87. The molecule has 0 spiro atoms. The Balaban J connectivity index is 3.88. The zero-order valence-electron chi connectivity index (χ0n) is 8.50. The van der Waals surface area contributed by atoms with Crippen molar-refractivity contribution in [2.45, 2.75) is 19.8 Å². The highest BCUT2D eigenvalue weighted by Gasteiger charge is 2.16. The van der Waals surface area contributed by atoms with Gasteiger partial charge in [-0.3, -0.25) is 4.79 Å². The van der Waals surface area contributed by atoms with Gasteiger partial charge in [0.15, 0.2) is 0 Å². The Labute approximate surface area is 78.7 Å². The minimum absolute atomic E-state index is 0.0446. The van der Waals surface area contributed by atoms with E-state index in [1.54, 1.807) is 21.0 Å².